The minimum Gasteiger partial charge on any atom is -0.331 e. The molecule has 2 heteroatoms. The normalized spacial score (nSPS) is 9.92. The van der Waals surface area contributed by atoms with Gasteiger partial charge in [-0.1, -0.05) is 18.6 Å². The highest BCUT2D eigenvalue weighted by Gasteiger charge is 1.96. The van der Waals surface area contributed by atoms with Crippen LogP contribution >= 0.6 is 0 Å². The lowest BCUT2D eigenvalue weighted by atomic mass is 10.3. The summed E-state index contributed by atoms with van der Waals surface area (Å²) in [5.41, 5.74) is 1.35. The van der Waals surface area contributed by atoms with Crippen LogP contribution in [0, 0.1) is 0 Å². The highest BCUT2D eigenvalue weighted by Crippen LogP contribution is 2.00. The van der Waals surface area contributed by atoms with Gasteiger partial charge in [-0.3, -0.25) is 0 Å². The van der Waals surface area contributed by atoms with Gasteiger partial charge in [0.2, 0.25) is 0 Å². The maximum atomic E-state index is 4.25. The molecule has 0 saturated carbocycles. The lowest BCUT2D eigenvalue weighted by Crippen LogP contribution is -1.99. The molecule has 0 N–H and O–H groups in total. The zero-order valence-corrected chi connectivity index (χ0v) is 8.04. The second kappa shape index (κ2) is 4.10. The predicted molar refractivity (Wildman–Crippen MR) is 51.0 cm³/mol. The number of hydrogen-bond acceptors (Lipinski definition) is 1. The van der Waals surface area contributed by atoms with Gasteiger partial charge in [-0.2, -0.15) is 0 Å². The molecule has 0 unspecified atom stereocenters. The van der Waals surface area contributed by atoms with E-state index in [0.717, 1.165) is 18.8 Å². The highest BCUT2D eigenvalue weighted by molar-refractivity contribution is 4.98. The third-order valence-electron chi connectivity index (χ3n) is 1.81. The Morgan fingerprint density at radius 2 is 2.33 bits per heavy atom. The van der Waals surface area contributed by atoms with Crippen molar-refractivity contribution in [3.63, 3.8) is 0 Å². The highest BCUT2D eigenvalue weighted by atomic mass is 15.0. The molecule has 2 nitrogen and oxygen atoms in total. The van der Waals surface area contributed by atoms with Crippen molar-refractivity contribution in [3.8, 4) is 0 Å². The van der Waals surface area contributed by atoms with Gasteiger partial charge in [0.1, 0.15) is 5.82 Å². The summed E-state index contributed by atoms with van der Waals surface area (Å²) in [5.74, 6) is 1.16. The molecule has 66 valence electrons. The summed E-state index contributed by atoms with van der Waals surface area (Å²) < 4.78 is 2.17. The maximum Gasteiger partial charge on any atom is 0.108 e. The van der Waals surface area contributed by atoms with E-state index in [2.05, 4.69) is 36.4 Å². The first-order valence-corrected chi connectivity index (χ1v) is 4.37. The van der Waals surface area contributed by atoms with Crippen molar-refractivity contribution >= 4 is 0 Å². The summed E-state index contributed by atoms with van der Waals surface area (Å²) in [7, 11) is 0. The number of imidazole rings is 1. The second-order valence-corrected chi connectivity index (χ2v) is 3.13. The van der Waals surface area contributed by atoms with Gasteiger partial charge in [-0.05, 0) is 13.8 Å². The standard InChI is InChI=1S/C10H16N2/c1-4-10-11-6-8-12(10)7-5-9(2)3/h5-6,8H,4,7H2,1-3H3. The Morgan fingerprint density at radius 3 is 2.92 bits per heavy atom. The zero-order valence-electron chi connectivity index (χ0n) is 8.04. The predicted octanol–water partition coefficient (Wildman–Crippen LogP) is 2.41. The fourth-order valence-corrected chi connectivity index (χ4v) is 1.10. The number of hydrogen-bond donors (Lipinski definition) is 0. The van der Waals surface area contributed by atoms with E-state index in [1.54, 1.807) is 0 Å². The molecular weight excluding hydrogens is 148 g/mol. The molecule has 0 atom stereocenters. The zero-order chi connectivity index (χ0) is 8.97. The molecule has 1 heterocycles. The molecule has 1 aromatic rings. The van der Waals surface area contributed by atoms with Crippen LogP contribution in [0.1, 0.15) is 26.6 Å². The van der Waals surface area contributed by atoms with E-state index in [0.29, 0.717) is 0 Å². The molecule has 0 fully saturated rings. The first-order chi connectivity index (χ1) is 5.74. The third kappa shape index (κ3) is 2.22. The van der Waals surface area contributed by atoms with E-state index >= 15 is 0 Å². The molecule has 0 aromatic carbocycles. The van der Waals surface area contributed by atoms with Gasteiger partial charge < -0.3 is 4.57 Å². The summed E-state index contributed by atoms with van der Waals surface area (Å²) in [6, 6.07) is 0. The van der Waals surface area contributed by atoms with Crippen LogP contribution in [0.4, 0.5) is 0 Å². The van der Waals surface area contributed by atoms with Crippen molar-refractivity contribution in [3.05, 3.63) is 29.9 Å². The average molecular weight is 164 g/mol. The van der Waals surface area contributed by atoms with Crippen molar-refractivity contribution < 1.29 is 0 Å². The van der Waals surface area contributed by atoms with E-state index in [1.165, 1.54) is 5.57 Å². The number of allylic oxidation sites excluding steroid dienone is 2. The minimum atomic E-state index is 0.950. The first-order valence-electron chi connectivity index (χ1n) is 4.37. The maximum absolute atomic E-state index is 4.25. The van der Waals surface area contributed by atoms with Gasteiger partial charge in [0.15, 0.2) is 0 Å². The number of nitrogens with zero attached hydrogens (tertiary/aromatic N) is 2. The molecule has 1 rings (SSSR count). The summed E-state index contributed by atoms with van der Waals surface area (Å²) in [5, 5.41) is 0. The molecule has 0 radical (unpaired) electrons. The Hall–Kier alpha value is -1.05. The Labute approximate surface area is 73.9 Å². The van der Waals surface area contributed by atoms with Crippen LogP contribution in [0.5, 0.6) is 0 Å². The quantitative estimate of drug-likeness (QED) is 0.627. The number of rotatable bonds is 3. The molecule has 0 aliphatic heterocycles. The largest absolute Gasteiger partial charge is 0.331 e. The molecule has 0 spiro atoms. The van der Waals surface area contributed by atoms with Crippen molar-refractivity contribution in [2.45, 2.75) is 33.7 Å². The van der Waals surface area contributed by atoms with Gasteiger partial charge in [0.25, 0.3) is 0 Å². The smallest absolute Gasteiger partial charge is 0.108 e. The fourth-order valence-electron chi connectivity index (χ4n) is 1.10. The molecule has 0 aliphatic rings. The molecule has 0 saturated heterocycles. The molecule has 0 amide bonds. The summed E-state index contributed by atoms with van der Waals surface area (Å²) in [6.07, 6.45) is 7.10. The lowest BCUT2D eigenvalue weighted by molar-refractivity contribution is 0.744. The Morgan fingerprint density at radius 1 is 1.58 bits per heavy atom. The van der Waals surface area contributed by atoms with Crippen LogP contribution in [-0.2, 0) is 13.0 Å². The minimum absolute atomic E-state index is 0.950. The topological polar surface area (TPSA) is 17.8 Å². The number of aromatic nitrogens is 2. The van der Waals surface area contributed by atoms with Crippen LogP contribution in [0.2, 0.25) is 0 Å². The van der Waals surface area contributed by atoms with Crippen molar-refractivity contribution in [2.24, 2.45) is 0 Å². The van der Waals surface area contributed by atoms with E-state index in [4.69, 9.17) is 0 Å². The summed E-state index contributed by atoms with van der Waals surface area (Å²) >= 11 is 0. The van der Waals surface area contributed by atoms with E-state index in [-0.39, 0.29) is 0 Å². The van der Waals surface area contributed by atoms with Crippen molar-refractivity contribution in [1.82, 2.24) is 9.55 Å². The van der Waals surface area contributed by atoms with Crippen LogP contribution in [-0.4, -0.2) is 9.55 Å². The van der Waals surface area contributed by atoms with E-state index in [9.17, 15) is 0 Å². The molecule has 12 heavy (non-hydrogen) atoms. The molecule has 0 bridgehead atoms. The average Bonchev–Trinajstić information content (AvgIpc) is 2.47. The van der Waals surface area contributed by atoms with Gasteiger partial charge in [0, 0.05) is 25.4 Å². The van der Waals surface area contributed by atoms with Crippen molar-refractivity contribution in [2.75, 3.05) is 0 Å². The Kier molecular flexibility index (Phi) is 3.09. The Bertz CT molecular complexity index is 267. The number of aryl methyl sites for hydroxylation is 1. The Balaban J connectivity index is 2.68. The van der Waals surface area contributed by atoms with Gasteiger partial charge in [-0.15, -0.1) is 0 Å². The van der Waals surface area contributed by atoms with E-state index in [1.807, 2.05) is 12.4 Å². The molecule has 1 aromatic heterocycles. The van der Waals surface area contributed by atoms with Crippen LogP contribution in [0.15, 0.2) is 24.0 Å². The van der Waals surface area contributed by atoms with Crippen LogP contribution in [0.3, 0.4) is 0 Å². The molecule has 0 aliphatic carbocycles. The fraction of sp³-hybridized carbons (Fsp3) is 0.500. The SMILES string of the molecule is CCc1nccn1CC=C(C)C. The lowest BCUT2D eigenvalue weighted by Gasteiger charge is -2.01. The van der Waals surface area contributed by atoms with Gasteiger partial charge in [0.05, 0.1) is 0 Å². The van der Waals surface area contributed by atoms with Gasteiger partial charge >= 0.3 is 0 Å². The summed E-state index contributed by atoms with van der Waals surface area (Å²) in [6.45, 7) is 7.30. The van der Waals surface area contributed by atoms with Crippen LogP contribution in [0.25, 0.3) is 0 Å². The monoisotopic (exact) mass is 164 g/mol. The second-order valence-electron chi connectivity index (χ2n) is 3.13. The third-order valence-corrected chi connectivity index (χ3v) is 1.81. The van der Waals surface area contributed by atoms with Gasteiger partial charge in [-0.25, -0.2) is 4.98 Å². The van der Waals surface area contributed by atoms with E-state index < -0.39 is 0 Å². The summed E-state index contributed by atoms with van der Waals surface area (Å²) in [4.78, 5) is 4.25. The molecular formula is C10H16N2. The van der Waals surface area contributed by atoms with Crippen LogP contribution < -0.4 is 0 Å². The van der Waals surface area contributed by atoms with Crippen molar-refractivity contribution in [1.29, 1.82) is 0 Å². The first kappa shape index (κ1) is 9.04.